The van der Waals surface area contributed by atoms with E-state index in [9.17, 15) is 9.59 Å². The molecule has 2 rings (SSSR count). The molecule has 1 aromatic heterocycles. The summed E-state index contributed by atoms with van der Waals surface area (Å²) in [6.07, 6.45) is 0.697. The number of halogens is 1. The Morgan fingerprint density at radius 3 is 2.67 bits per heavy atom. The Bertz CT molecular complexity index is 894. The number of H-pyrrole nitrogens is 1. The van der Waals surface area contributed by atoms with Crippen LogP contribution in [0.5, 0.6) is 0 Å². The number of rotatable bonds is 4. The first-order valence-electron chi connectivity index (χ1n) is 7.52. The Kier molecular flexibility index (Phi) is 5.42. The summed E-state index contributed by atoms with van der Waals surface area (Å²) in [5.74, 6) is -0.135. The lowest BCUT2D eigenvalue weighted by Crippen LogP contribution is -2.18. The zero-order valence-electron chi connectivity index (χ0n) is 13.8. The van der Waals surface area contributed by atoms with Crippen molar-refractivity contribution in [2.45, 2.75) is 33.6 Å². The van der Waals surface area contributed by atoms with E-state index in [-0.39, 0.29) is 17.9 Å². The largest absolute Gasteiger partial charge is 0.326 e. The number of hydrogen-bond acceptors (Lipinski definition) is 3. The van der Waals surface area contributed by atoms with Crippen LogP contribution in [0, 0.1) is 32.1 Å². The number of carbonyl (C=O) groups excluding carboxylic acids is 1. The van der Waals surface area contributed by atoms with E-state index in [1.807, 2.05) is 13.0 Å². The molecule has 0 radical (unpaired) electrons. The normalized spacial score (nSPS) is 10.3. The molecule has 0 bridgehead atoms. The number of hydrogen-bond donors (Lipinski definition) is 2. The number of aryl methyl sites for hydroxylation is 2. The van der Waals surface area contributed by atoms with Crippen LogP contribution in [0.15, 0.2) is 23.0 Å². The van der Waals surface area contributed by atoms with Gasteiger partial charge in [-0.1, -0.05) is 11.6 Å². The maximum atomic E-state index is 12.2. The summed E-state index contributed by atoms with van der Waals surface area (Å²) in [5.41, 5.74) is 3.47. The van der Waals surface area contributed by atoms with Gasteiger partial charge in [0.2, 0.25) is 5.91 Å². The summed E-state index contributed by atoms with van der Waals surface area (Å²) in [6.45, 7) is 5.38. The van der Waals surface area contributed by atoms with E-state index < -0.39 is 5.56 Å². The number of nitrogens with one attached hydrogen (secondary N) is 2. The van der Waals surface area contributed by atoms with Gasteiger partial charge in [0.1, 0.15) is 11.6 Å². The molecule has 0 saturated heterocycles. The van der Waals surface area contributed by atoms with Crippen molar-refractivity contribution < 1.29 is 4.79 Å². The van der Waals surface area contributed by atoms with Crippen LogP contribution in [0.4, 0.5) is 5.69 Å². The van der Waals surface area contributed by atoms with Crippen molar-refractivity contribution in [1.82, 2.24) is 4.98 Å². The van der Waals surface area contributed by atoms with E-state index in [0.717, 1.165) is 16.8 Å². The van der Waals surface area contributed by atoms with E-state index >= 15 is 0 Å². The predicted octanol–water partition coefficient (Wildman–Crippen LogP) is 3.40. The molecule has 24 heavy (non-hydrogen) atoms. The van der Waals surface area contributed by atoms with Crippen LogP contribution >= 0.6 is 11.6 Å². The Hall–Kier alpha value is -2.58. The van der Waals surface area contributed by atoms with Crippen LogP contribution in [0.1, 0.15) is 34.4 Å². The van der Waals surface area contributed by atoms with Gasteiger partial charge in [-0.3, -0.25) is 9.59 Å². The minimum absolute atomic E-state index is 0.101. The van der Waals surface area contributed by atoms with Gasteiger partial charge in [0, 0.05) is 22.8 Å². The minimum atomic E-state index is -0.391. The van der Waals surface area contributed by atoms with Crippen molar-refractivity contribution >= 4 is 23.2 Å². The standard InChI is InChI=1S/C18H18ClN3O2/c1-10-8-13(19)4-6-16(10)22-17(23)7-5-14-11(2)15(9-20)18(24)21-12(14)3/h4,6,8H,5,7H2,1-3H3,(H,21,24)(H,22,23). The Balaban J connectivity index is 2.12. The molecule has 0 aliphatic rings. The third kappa shape index (κ3) is 3.84. The number of anilines is 1. The lowest BCUT2D eigenvalue weighted by molar-refractivity contribution is -0.116. The summed E-state index contributed by atoms with van der Waals surface area (Å²) in [5, 5.41) is 12.6. The number of pyridine rings is 1. The van der Waals surface area contributed by atoms with Crippen molar-refractivity contribution in [2.75, 3.05) is 5.32 Å². The highest BCUT2D eigenvalue weighted by Gasteiger charge is 2.13. The molecule has 0 aliphatic carbocycles. The molecule has 5 nitrogen and oxygen atoms in total. The fourth-order valence-electron chi connectivity index (χ4n) is 2.64. The maximum absolute atomic E-state index is 12.2. The SMILES string of the molecule is Cc1cc(Cl)ccc1NC(=O)CCc1c(C)[nH]c(=O)c(C#N)c1C. The number of benzene rings is 1. The van der Waals surface area contributed by atoms with Crippen LogP contribution in [0.2, 0.25) is 5.02 Å². The lowest BCUT2D eigenvalue weighted by atomic mass is 9.99. The second-order valence-corrected chi connectivity index (χ2v) is 6.11. The molecule has 124 valence electrons. The average molecular weight is 344 g/mol. The van der Waals surface area contributed by atoms with Gasteiger partial charge in [-0.25, -0.2) is 0 Å². The summed E-state index contributed by atoms with van der Waals surface area (Å²) in [4.78, 5) is 26.6. The zero-order chi connectivity index (χ0) is 17.9. The molecule has 0 unspecified atom stereocenters. The molecule has 0 saturated carbocycles. The van der Waals surface area contributed by atoms with Gasteiger partial charge >= 0.3 is 0 Å². The smallest absolute Gasteiger partial charge is 0.266 e. The zero-order valence-corrected chi connectivity index (χ0v) is 14.5. The van der Waals surface area contributed by atoms with Crippen molar-refractivity contribution in [3.8, 4) is 6.07 Å². The number of amides is 1. The number of aromatic nitrogens is 1. The predicted molar refractivity (Wildman–Crippen MR) is 94.4 cm³/mol. The van der Waals surface area contributed by atoms with Crippen LogP contribution in [-0.2, 0) is 11.2 Å². The highest BCUT2D eigenvalue weighted by atomic mass is 35.5. The minimum Gasteiger partial charge on any atom is -0.326 e. The Labute approximate surface area is 145 Å². The summed E-state index contributed by atoms with van der Waals surface area (Å²) in [7, 11) is 0. The van der Waals surface area contributed by atoms with Gasteiger partial charge in [-0.05, 0) is 62.1 Å². The first kappa shape index (κ1) is 17.8. The molecule has 0 atom stereocenters. The van der Waals surface area contributed by atoms with Crippen LogP contribution in [-0.4, -0.2) is 10.9 Å². The molecule has 2 N–H and O–H groups in total. The fraction of sp³-hybridized carbons (Fsp3) is 0.278. The molecule has 0 aliphatic heterocycles. The fourth-order valence-corrected chi connectivity index (χ4v) is 2.87. The van der Waals surface area contributed by atoms with E-state index in [2.05, 4.69) is 10.3 Å². The second kappa shape index (κ2) is 7.33. The topological polar surface area (TPSA) is 85.8 Å². The quantitative estimate of drug-likeness (QED) is 0.892. The Morgan fingerprint density at radius 2 is 2.04 bits per heavy atom. The molecule has 2 aromatic rings. The van der Waals surface area contributed by atoms with Crippen LogP contribution in [0.25, 0.3) is 0 Å². The number of nitrogens with zero attached hydrogens (tertiary/aromatic N) is 1. The number of carbonyl (C=O) groups is 1. The van der Waals surface area contributed by atoms with Crippen molar-refractivity contribution in [3.63, 3.8) is 0 Å². The highest BCUT2D eigenvalue weighted by Crippen LogP contribution is 2.20. The summed E-state index contributed by atoms with van der Waals surface area (Å²) >= 11 is 5.90. The van der Waals surface area contributed by atoms with E-state index in [4.69, 9.17) is 16.9 Å². The van der Waals surface area contributed by atoms with Crippen molar-refractivity contribution in [2.24, 2.45) is 0 Å². The molecule has 6 heteroatoms. The van der Waals surface area contributed by atoms with Gasteiger partial charge in [-0.15, -0.1) is 0 Å². The molecule has 1 aromatic carbocycles. The summed E-state index contributed by atoms with van der Waals surface area (Å²) in [6, 6.07) is 7.18. The molecule has 1 amide bonds. The van der Waals surface area contributed by atoms with Crippen molar-refractivity contribution in [3.05, 3.63) is 61.5 Å². The first-order valence-corrected chi connectivity index (χ1v) is 7.89. The summed E-state index contributed by atoms with van der Waals surface area (Å²) < 4.78 is 0. The Morgan fingerprint density at radius 1 is 1.33 bits per heavy atom. The monoisotopic (exact) mass is 343 g/mol. The van der Waals surface area contributed by atoms with Crippen molar-refractivity contribution in [1.29, 1.82) is 5.26 Å². The molecular weight excluding hydrogens is 326 g/mol. The highest BCUT2D eigenvalue weighted by molar-refractivity contribution is 6.30. The van der Waals surface area contributed by atoms with E-state index in [1.165, 1.54) is 0 Å². The van der Waals surface area contributed by atoms with Gasteiger partial charge in [-0.2, -0.15) is 5.26 Å². The second-order valence-electron chi connectivity index (χ2n) is 5.68. The molecule has 0 spiro atoms. The molecular formula is C18H18ClN3O2. The van der Waals surface area contributed by atoms with Gasteiger partial charge < -0.3 is 10.3 Å². The molecule has 1 heterocycles. The third-order valence-electron chi connectivity index (χ3n) is 3.98. The third-order valence-corrected chi connectivity index (χ3v) is 4.22. The van der Waals surface area contributed by atoms with Crippen LogP contribution < -0.4 is 10.9 Å². The van der Waals surface area contributed by atoms with Gasteiger partial charge in [0.05, 0.1) is 0 Å². The maximum Gasteiger partial charge on any atom is 0.266 e. The van der Waals surface area contributed by atoms with Gasteiger partial charge in [0.15, 0.2) is 0 Å². The average Bonchev–Trinajstić information content (AvgIpc) is 2.50. The van der Waals surface area contributed by atoms with E-state index in [0.29, 0.717) is 22.7 Å². The number of aromatic amines is 1. The molecule has 0 fully saturated rings. The van der Waals surface area contributed by atoms with E-state index in [1.54, 1.807) is 32.0 Å². The van der Waals surface area contributed by atoms with Crippen LogP contribution in [0.3, 0.4) is 0 Å². The first-order chi connectivity index (χ1) is 11.3. The number of nitriles is 1. The lowest BCUT2D eigenvalue weighted by Gasteiger charge is -2.12. The van der Waals surface area contributed by atoms with Gasteiger partial charge in [0.25, 0.3) is 5.56 Å².